The second kappa shape index (κ2) is 8.98. The maximum atomic E-state index is 12.5. The summed E-state index contributed by atoms with van der Waals surface area (Å²) in [7, 11) is 2.06. The van der Waals surface area contributed by atoms with Crippen LogP contribution in [-0.4, -0.2) is 77.1 Å². The van der Waals surface area contributed by atoms with Gasteiger partial charge in [0.25, 0.3) is 0 Å². The molecule has 26 heavy (non-hydrogen) atoms. The molecule has 0 atom stereocenters. The van der Waals surface area contributed by atoms with Crippen LogP contribution in [0.4, 0.5) is 4.79 Å². The Morgan fingerprint density at radius 1 is 1.23 bits per heavy atom. The molecule has 0 radical (unpaired) electrons. The number of aromatic nitrogens is 1. The molecule has 1 fully saturated rings. The number of piperazine rings is 1. The number of ether oxygens (including phenoxy) is 1. The molecule has 0 unspecified atom stereocenters. The zero-order valence-corrected chi connectivity index (χ0v) is 16.3. The number of amides is 2. The Bertz CT molecular complexity index is 593. The van der Waals surface area contributed by atoms with E-state index in [1.54, 1.807) is 17.3 Å². The van der Waals surface area contributed by atoms with Crippen molar-refractivity contribution in [2.75, 3.05) is 39.8 Å². The average molecular weight is 362 g/mol. The Morgan fingerprint density at radius 2 is 1.92 bits per heavy atom. The van der Waals surface area contributed by atoms with Crippen molar-refractivity contribution >= 4 is 12.0 Å². The van der Waals surface area contributed by atoms with E-state index in [0.29, 0.717) is 19.5 Å². The van der Waals surface area contributed by atoms with Crippen molar-refractivity contribution in [3.05, 3.63) is 30.1 Å². The molecule has 0 N–H and O–H groups in total. The Labute approximate surface area is 155 Å². The van der Waals surface area contributed by atoms with E-state index in [4.69, 9.17) is 4.74 Å². The van der Waals surface area contributed by atoms with Crippen molar-refractivity contribution in [2.45, 2.75) is 39.3 Å². The fourth-order valence-electron chi connectivity index (χ4n) is 2.72. The second-order valence-electron chi connectivity index (χ2n) is 7.70. The number of nitrogens with zero attached hydrogens (tertiary/aromatic N) is 4. The van der Waals surface area contributed by atoms with E-state index in [1.165, 1.54) is 0 Å². The van der Waals surface area contributed by atoms with Gasteiger partial charge < -0.3 is 19.4 Å². The van der Waals surface area contributed by atoms with E-state index in [2.05, 4.69) is 16.9 Å². The van der Waals surface area contributed by atoms with Crippen LogP contribution in [0.5, 0.6) is 0 Å². The van der Waals surface area contributed by atoms with Crippen molar-refractivity contribution < 1.29 is 14.3 Å². The molecular formula is C19H30N4O3. The lowest BCUT2D eigenvalue weighted by Gasteiger charge is -2.33. The van der Waals surface area contributed by atoms with Gasteiger partial charge in [-0.05, 0) is 39.4 Å². The zero-order chi connectivity index (χ0) is 19.2. The number of carbonyl (C=O) groups is 2. The van der Waals surface area contributed by atoms with E-state index >= 15 is 0 Å². The number of rotatable bonds is 5. The number of carbonyl (C=O) groups excluding carboxylic acids is 2. The van der Waals surface area contributed by atoms with Crippen LogP contribution in [0.15, 0.2) is 24.5 Å². The quantitative estimate of drug-likeness (QED) is 0.801. The van der Waals surface area contributed by atoms with Gasteiger partial charge in [0.15, 0.2) is 0 Å². The molecule has 0 aromatic carbocycles. The molecule has 144 valence electrons. The van der Waals surface area contributed by atoms with Crippen LogP contribution in [0.2, 0.25) is 0 Å². The molecule has 1 aliphatic rings. The summed E-state index contributed by atoms with van der Waals surface area (Å²) >= 11 is 0. The number of hydrogen-bond donors (Lipinski definition) is 0. The van der Waals surface area contributed by atoms with Gasteiger partial charge in [0.05, 0.1) is 6.54 Å². The monoisotopic (exact) mass is 362 g/mol. The highest BCUT2D eigenvalue weighted by atomic mass is 16.6. The molecule has 0 bridgehead atoms. The molecule has 2 amide bonds. The first kappa shape index (κ1) is 20.2. The van der Waals surface area contributed by atoms with Crippen molar-refractivity contribution in [2.24, 2.45) is 0 Å². The van der Waals surface area contributed by atoms with Crippen molar-refractivity contribution in [1.29, 1.82) is 0 Å². The highest BCUT2D eigenvalue weighted by molar-refractivity contribution is 5.77. The fourth-order valence-corrected chi connectivity index (χ4v) is 2.72. The first-order chi connectivity index (χ1) is 12.2. The predicted octanol–water partition coefficient (Wildman–Crippen LogP) is 1.98. The third kappa shape index (κ3) is 6.63. The number of hydrogen-bond acceptors (Lipinski definition) is 5. The van der Waals surface area contributed by atoms with Crippen molar-refractivity contribution in [3.63, 3.8) is 0 Å². The fraction of sp³-hybridized carbons (Fsp3) is 0.632. The molecule has 1 aliphatic heterocycles. The van der Waals surface area contributed by atoms with Crippen LogP contribution < -0.4 is 0 Å². The molecule has 7 heteroatoms. The Hall–Kier alpha value is -2.15. The van der Waals surface area contributed by atoms with Crippen LogP contribution in [0.1, 0.15) is 32.8 Å². The molecule has 1 saturated heterocycles. The van der Waals surface area contributed by atoms with Gasteiger partial charge in [0.2, 0.25) is 5.91 Å². The third-order valence-corrected chi connectivity index (χ3v) is 4.20. The summed E-state index contributed by atoms with van der Waals surface area (Å²) in [5.74, 6) is 0.0813. The van der Waals surface area contributed by atoms with Crippen LogP contribution in [0.3, 0.4) is 0 Å². The summed E-state index contributed by atoms with van der Waals surface area (Å²) < 4.78 is 5.50. The first-order valence-electron chi connectivity index (χ1n) is 9.08. The highest BCUT2D eigenvalue weighted by Gasteiger charge is 2.25. The Kier molecular flexibility index (Phi) is 6.97. The van der Waals surface area contributed by atoms with E-state index in [0.717, 1.165) is 31.7 Å². The third-order valence-electron chi connectivity index (χ3n) is 4.20. The standard InChI is InChI=1S/C19H30N4O3/c1-19(2,3)26-18(25)23(15-16-6-5-8-20-14-16)9-7-17(24)22-12-10-21(4)11-13-22/h5-6,8,14H,7,9-13,15H2,1-4H3. The molecule has 0 spiro atoms. The molecule has 2 heterocycles. The Balaban J connectivity index is 1.96. The largest absolute Gasteiger partial charge is 0.444 e. The maximum absolute atomic E-state index is 12.5. The highest BCUT2D eigenvalue weighted by Crippen LogP contribution is 2.13. The van der Waals surface area contributed by atoms with Crippen molar-refractivity contribution in [3.8, 4) is 0 Å². The first-order valence-corrected chi connectivity index (χ1v) is 9.08. The van der Waals surface area contributed by atoms with Crippen LogP contribution in [-0.2, 0) is 16.1 Å². The van der Waals surface area contributed by atoms with E-state index in [-0.39, 0.29) is 5.91 Å². The van der Waals surface area contributed by atoms with Crippen LogP contribution in [0.25, 0.3) is 0 Å². The predicted molar refractivity (Wildman–Crippen MR) is 99.6 cm³/mol. The van der Waals surface area contributed by atoms with Crippen molar-refractivity contribution in [1.82, 2.24) is 19.7 Å². The smallest absolute Gasteiger partial charge is 0.410 e. The minimum atomic E-state index is -0.578. The van der Waals surface area contributed by atoms with E-state index in [9.17, 15) is 9.59 Å². The molecule has 2 rings (SSSR count). The van der Waals surface area contributed by atoms with Gasteiger partial charge in [-0.2, -0.15) is 0 Å². The lowest BCUT2D eigenvalue weighted by atomic mass is 10.2. The molecule has 1 aromatic heterocycles. The molecule has 0 saturated carbocycles. The normalized spacial score (nSPS) is 15.6. The second-order valence-corrected chi connectivity index (χ2v) is 7.70. The summed E-state index contributed by atoms with van der Waals surface area (Å²) in [4.78, 5) is 34.8. The maximum Gasteiger partial charge on any atom is 0.410 e. The summed E-state index contributed by atoms with van der Waals surface area (Å²) in [5, 5.41) is 0. The van der Waals surface area contributed by atoms with Crippen LogP contribution >= 0.6 is 0 Å². The molecule has 7 nitrogen and oxygen atoms in total. The molecule has 0 aliphatic carbocycles. The summed E-state index contributed by atoms with van der Waals surface area (Å²) in [6.07, 6.45) is 3.30. The number of likely N-dealkylation sites (N-methyl/N-ethyl adjacent to an activating group) is 1. The van der Waals surface area contributed by atoms with Gasteiger partial charge in [-0.25, -0.2) is 4.79 Å². The summed E-state index contributed by atoms with van der Waals surface area (Å²) in [6, 6.07) is 3.74. The van der Waals surface area contributed by atoms with E-state index < -0.39 is 11.7 Å². The Morgan fingerprint density at radius 3 is 2.50 bits per heavy atom. The van der Waals surface area contributed by atoms with Gasteiger partial charge >= 0.3 is 6.09 Å². The molecule has 1 aromatic rings. The summed E-state index contributed by atoms with van der Waals surface area (Å²) in [5.41, 5.74) is 0.330. The minimum absolute atomic E-state index is 0.0813. The van der Waals surface area contributed by atoms with Gasteiger partial charge in [0, 0.05) is 51.5 Å². The van der Waals surface area contributed by atoms with Gasteiger partial charge in [-0.1, -0.05) is 6.07 Å². The van der Waals surface area contributed by atoms with Gasteiger partial charge in [-0.15, -0.1) is 0 Å². The van der Waals surface area contributed by atoms with E-state index in [1.807, 2.05) is 37.8 Å². The summed E-state index contributed by atoms with van der Waals surface area (Å²) in [6.45, 7) is 9.46. The molecular weight excluding hydrogens is 332 g/mol. The minimum Gasteiger partial charge on any atom is -0.444 e. The SMILES string of the molecule is CN1CCN(C(=O)CCN(Cc2cccnc2)C(=O)OC(C)(C)C)CC1. The zero-order valence-electron chi connectivity index (χ0n) is 16.3. The van der Waals surface area contributed by atoms with Gasteiger partial charge in [0.1, 0.15) is 5.60 Å². The topological polar surface area (TPSA) is 66.0 Å². The lowest BCUT2D eigenvalue weighted by molar-refractivity contribution is -0.133. The lowest BCUT2D eigenvalue weighted by Crippen LogP contribution is -2.48. The van der Waals surface area contributed by atoms with Gasteiger partial charge in [-0.3, -0.25) is 9.78 Å². The number of pyridine rings is 1. The average Bonchev–Trinajstić information content (AvgIpc) is 2.58. The van der Waals surface area contributed by atoms with Crippen LogP contribution in [0, 0.1) is 0 Å².